The molecule has 2 fully saturated rings. The molecule has 2 aliphatic rings. The van der Waals surface area contributed by atoms with Crippen LogP contribution in [0.25, 0.3) is 0 Å². The number of halogens is 1. The topological polar surface area (TPSA) is 68.2 Å². The Morgan fingerprint density at radius 3 is 2.25 bits per heavy atom. The van der Waals surface area contributed by atoms with Crippen LogP contribution in [-0.4, -0.2) is 50.2 Å². The minimum Gasteiger partial charge on any atom is -0.493 e. The Bertz CT molecular complexity index is 870. The second-order valence-electron chi connectivity index (χ2n) is 8.21. The van der Waals surface area contributed by atoms with E-state index in [9.17, 15) is 0 Å². The van der Waals surface area contributed by atoms with Crippen molar-refractivity contribution >= 4 is 29.9 Å². The fourth-order valence-corrected chi connectivity index (χ4v) is 4.69. The molecule has 8 heteroatoms. The standard InChI is InChI=1S/C24H32N4O3.HI/c1-25-24(28-15-18-7-4-5-8-19(18)16-28)27-14-17-11-12-22(26-13-17)31-23-20(29-2)9-6-10-21(23)30-3;/h6,9-13,18-19H,4-5,7-8,14-16H2,1-3H3,(H,25,27);1H. The maximum atomic E-state index is 5.95. The molecule has 4 rings (SSSR count). The molecule has 1 aliphatic carbocycles. The van der Waals surface area contributed by atoms with Crippen LogP contribution in [0.15, 0.2) is 41.5 Å². The Hall–Kier alpha value is -2.23. The highest BCUT2D eigenvalue weighted by atomic mass is 127. The van der Waals surface area contributed by atoms with Crippen molar-refractivity contribution in [2.45, 2.75) is 32.2 Å². The molecule has 0 bridgehead atoms. The zero-order valence-electron chi connectivity index (χ0n) is 19.0. The quantitative estimate of drug-likeness (QED) is 0.318. The maximum Gasteiger partial charge on any atom is 0.219 e. The number of rotatable bonds is 6. The third-order valence-electron chi connectivity index (χ3n) is 6.33. The van der Waals surface area contributed by atoms with Crippen LogP contribution in [0.2, 0.25) is 0 Å². The molecule has 1 aliphatic heterocycles. The second kappa shape index (κ2) is 11.6. The minimum atomic E-state index is 0. The van der Waals surface area contributed by atoms with Crippen molar-refractivity contribution < 1.29 is 14.2 Å². The summed E-state index contributed by atoms with van der Waals surface area (Å²) in [4.78, 5) is 11.4. The number of pyridine rings is 1. The van der Waals surface area contributed by atoms with Crippen molar-refractivity contribution in [3.8, 4) is 23.1 Å². The van der Waals surface area contributed by atoms with Gasteiger partial charge in [0.15, 0.2) is 17.5 Å². The molecule has 32 heavy (non-hydrogen) atoms. The Balaban J connectivity index is 0.00000289. The van der Waals surface area contributed by atoms with Crippen molar-refractivity contribution in [1.29, 1.82) is 0 Å². The monoisotopic (exact) mass is 552 g/mol. The van der Waals surface area contributed by atoms with E-state index >= 15 is 0 Å². The molecule has 0 spiro atoms. The number of hydrogen-bond donors (Lipinski definition) is 1. The van der Waals surface area contributed by atoms with Crippen LogP contribution in [0.1, 0.15) is 31.2 Å². The third-order valence-corrected chi connectivity index (χ3v) is 6.33. The largest absolute Gasteiger partial charge is 0.493 e. The van der Waals surface area contributed by atoms with Crippen LogP contribution < -0.4 is 19.5 Å². The van der Waals surface area contributed by atoms with Gasteiger partial charge in [-0.15, -0.1) is 24.0 Å². The maximum absolute atomic E-state index is 5.95. The van der Waals surface area contributed by atoms with E-state index in [0.29, 0.717) is 29.7 Å². The first-order chi connectivity index (χ1) is 15.2. The molecule has 1 N–H and O–H groups in total. The summed E-state index contributed by atoms with van der Waals surface area (Å²) in [7, 11) is 5.07. The van der Waals surface area contributed by atoms with E-state index in [1.165, 1.54) is 25.7 Å². The van der Waals surface area contributed by atoms with Crippen molar-refractivity contribution in [2.75, 3.05) is 34.4 Å². The number of para-hydroxylation sites is 1. The minimum absolute atomic E-state index is 0. The van der Waals surface area contributed by atoms with Crippen LogP contribution >= 0.6 is 24.0 Å². The molecule has 1 aromatic carbocycles. The van der Waals surface area contributed by atoms with Gasteiger partial charge in [0.2, 0.25) is 11.6 Å². The number of fused-ring (bicyclic) bond motifs is 1. The van der Waals surface area contributed by atoms with Crippen LogP contribution in [0.3, 0.4) is 0 Å². The molecule has 1 saturated heterocycles. The normalized spacial score (nSPS) is 20.2. The zero-order chi connectivity index (χ0) is 21.6. The van der Waals surface area contributed by atoms with Gasteiger partial charge in [-0.1, -0.05) is 25.0 Å². The molecule has 174 valence electrons. The molecule has 7 nitrogen and oxygen atoms in total. The Morgan fingerprint density at radius 1 is 1.06 bits per heavy atom. The SMILES string of the molecule is CN=C(NCc1ccc(Oc2c(OC)cccc2OC)nc1)N1CC2CCCCC2C1.I. The van der Waals surface area contributed by atoms with E-state index < -0.39 is 0 Å². The third kappa shape index (κ3) is 5.57. The highest BCUT2D eigenvalue weighted by Crippen LogP contribution is 2.39. The van der Waals surface area contributed by atoms with Crippen molar-refractivity contribution in [3.05, 3.63) is 42.1 Å². The first-order valence-electron chi connectivity index (χ1n) is 11.0. The lowest BCUT2D eigenvalue weighted by molar-refractivity contribution is 0.299. The number of aromatic nitrogens is 1. The number of guanidine groups is 1. The van der Waals surface area contributed by atoms with Gasteiger partial charge in [-0.2, -0.15) is 0 Å². The molecule has 2 unspecified atom stereocenters. The molecule has 2 aromatic rings. The highest BCUT2D eigenvalue weighted by molar-refractivity contribution is 14.0. The van der Waals surface area contributed by atoms with E-state index in [1.54, 1.807) is 14.2 Å². The molecular weight excluding hydrogens is 519 g/mol. The lowest BCUT2D eigenvalue weighted by Crippen LogP contribution is -2.39. The van der Waals surface area contributed by atoms with Gasteiger partial charge in [-0.25, -0.2) is 4.98 Å². The lowest BCUT2D eigenvalue weighted by atomic mass is 9.82. The van der Waals surface area contributed by atoms with Crippen molar-refractivity contribution in [1.82, 2.24) is 15.2 Å². The lowest BCUT2D eigenvalue weighted by Gasteiger charge is -2.22. The molecule has 1 saturated carbocycles. The molecule has 2 atom stereocenters. The van der Waals surface area contributed by atoms with Crippen molar-refractivity contribution in [3.63, 3.8) is 0 Å². The Labute approximate surface area is 207 Å². The summed E-state index contributed by atoms with van der Waals surface area (Å²) in [6.07, 6.45) is 7.30. The van der Waals surface area contributed by atoms with E-state index in [0.717, 1.165) is 36.4 Å². The molecular formula is C24H33IN4O3. The van der Waals surface area contributed by atoms with Gasteiger partial charge in [0.05, 0.1) is 14.2 Å². The summed E-state index contributed by atoms with van der Waals surface area (Å²) >= 11 is 0. The highest BCUT2D eigenvalue weighted by Gasteiger charge is 2.35. The van der Waals surface area contributed by atoms with Gasteiger partial charge in [0.1, 0.15) is 0 Å². The number of nitrogens with zero attached hydrogens (tertiary/aromatic N) is 3. The number of ether oxygens (including phenoxy) is 3. The smallest absolute Gasteiger partial charge is 0.219 e. The number of aliphatic imine (C=N–C) groups is 1. The molecule has 0 amide bonds. The number of nitrogens with one attached hydrogen (secondary N) is 1. The zero-order valence-corrected chi connectivity index (χ0v) is 21.4. The summed E-state index contributed by atoms with van der Waals surface area (Å²) in [5, 5.41) is 3.50. The Kier molecular flexibility index (Phi) is 8.84. The average molecular weight is 552 g/mol. The van der Waals surface area contributed by atoms with Gasteiger partial charge in [0, 0.05) is 38.9 Å². The number of benzene rings is 1. The fraction of sp³-hybridized carbons (Fsp3) is 0.500. The average Bonchev–Trinajstić information content (AvgIpc) is 3.24. The van der Waals surface area contributed by atoms with Gasteiger partial charge < -0.3 is 24.4 Å². The van der Waals surface area contributed by atoms with E-state index in [1.807, 2.05) is 43.6 Å². The first kappa shape index (κ1) is 24.4. The summed E-state index contributed by atoms with van der Waals surface area (Å²) in [6, 6.07) is 9.38. The van der Waals surface area contributed by atoms with Crippen LogP contribution in [-0.2, 0) is 6.54 Å². The van der Waals surface area contributed by atoms with Gasteiger partial charge >= 0.3 is 0 Å². The van der Waals surface area contributed by atoms with Gasteiger partial charge in [0.25, 0.3) is 0 Å². The van der Waals surface area contributed by atoms with E-state index in [2.05, 4.69) is 20.2 Å². The van der Waals surface area contributed by atoms with E-state index in [4.69, 9.17) is 14.2 Å². The van der Waals surface area contributed by atoms with Gasteiger partial charge in [-0.3, -0.25) is 4.99 Å². The van der Waals surface area contributed by atoms with E-state index in [-0.39, 0.29) is 24.0 Å². The van der Waals surface area contributed by atoms with Crippen molar-refractivity contribution in [2.24, 2.45) is 16.8 Å². The summed E-state index contributed by atoms with van der Waals surface area (Å²) in [5.74, 6) is 4.84. The number of likely N-dealkylation sites (tertiary alicyclic amines) is 1. The fourth-order valence-electron chi connectivity index (χ4n) is 4.69. The summed E-state index contributed by atoms with van der Waals surface area (Å²) in [5.41, 5.74) is 1.07. The summed E-state index contributed by atoms with van der Waals surface area (Å²) < 4.78 is 16.7. The van der Waals surface area contributed by atoms with Crippen LogP contribution in [0.5, 0.6) is 23.1 Å². The summed E-state index contributed by atoms with van der Waals surface area (Å²) in [6.45, 7) is 2.91. The first-order valence-corrected chi connectivity index (χ1v) is 11.0. The number of hydrogen-bond acceptors (Lipinski definition) is 5. The molecule has 1 aromatic heterocycles. The Morgan fingerprint density at radius 2 is 1.72 bits per heavy atom. The van der Waals surface area contributed by atoms with Gasteiger partial charge in [-0.05, 0) is 42.4 Å². The predicted octanol–water partition coefficient (Wildman–Crippen LogP) is 4.71. The number of methoxy groups -OCH3 is 2. The molecule has 0 radical (unpaired) electrons. The van der Waals surface area contributed by atoms with Crippen LogP contribution in [0, 0.1) is 11.8 Å². The molecule has 2 heterocycles. The van der Waals surface area contributed by atoms with Crippen LogP contribution in [0.4, 0.5) is 0 Å². The second-order valence-corrected chi connectivity index (χ2v) is 8.21. The predicted molar refractivity (Wildman–Crippen MR) is 136 cm³/mol.